The van der Waals surface area contributed by atoms with Gasteiger partial charge in [-0.15, -0.1) is 0 Å². The van der Waals surface area contributed by atoms with Gasteiger partial charge in [0.1, 0.15) is 0 Å². The molecule has 0 bridgehead atoms. The molecule has 84 valence electrons. The average Bonchev–Trinajstić information content (AvgIpc) is 2.17. The van der Waals surface area contributed by atoms with Gasteiger partial charge in [-0.05, 0) is 23.5 Å². The van der Waals surface area contributed by atoms with Gasteiger partial charge in [0.05, 0.1) is 0 Å². The van der Waals surface area contributed by atoms with Crippen molar-refractivity contribution in [2.45, 2.75) is 46.0 Å². The van der Waals surface area contributed by atoms with Crippen molar-refractivity contribution in [1.29, 1.82) is 0 Å². The van der Waals surface area contributed by atoms with E-state index in [1.165, 1.54) is 24.1 Å². The Morgan fingerprint density at radius 2 is 1.80 bits per heavy atom. The fraction of sp³-hybridized carbons (Fsp3) is 0.571. The molecule has 0 radical (unpaired) electrons. The molecule has 0 saturated heterocycles. The fourth-order valence-corrected chi connectivity index (χ4v) is 1.69. The van der Waals surface area contributed by atoms with Crippen LogP contribution in [0.2, 0.25) is 0 Å². The maximum Gasteiger partial charge on any atom is 0.0378 e. The molecular weight excluding hydrogens is 182 g/mol. The smallest absolute Gasteiger partial charge is 0.0378 e. The summed E-state index contributed by atoms with van der Waals surface area (Å²) >= 11 is 0. The van der Waals surface area contributed by atoms with Crippen molar-refractivity contribution in [3.05, 3.63) is 29.8 Å². The zero-order valence-electron chi connectivity index (χ0n) is 10.4. The summed E-state index contributed by atoms with van der Waals surface area (Å²) in [4.78, 5) is 0. The lowest BCUT2D eigenvalue weighted by Gasteiger charge is -2.23. The summed E-state index contributed by atoms with van der Waals surface area (Å²) in [5.41, 5.74) is 2.91. The number of benzene rings is 1. The highest BCUT2D eigenvalue weighted by molar-refractivity contribution is 5.54. The van der Waals surface area contributed by atoms with E-state index in [-0.39, 0.29) is 5.41 Å². The Hall–Kier alpha value is -0.980. The third-order valence-electron chi connectivity index (χ3n) is 2.58. The van der Waals surface area contributed by atoms with E-state index in [9.17, 15) is 0 Å². The van der Waals surface area contributed by atoms with Crippen molar-refractivity contribution < 1.29 is 0 Å². The van der Waals surface area contributed by atoms with E-state index in [0.717, 1.165) is 6.54 Å². The number of hydrogen-bond donors (Lipinski definition) is 1. The second-order valence-corrected chi connectivity index (χ2v) is 5.08. The van der Waals surface area contributed by atoms with Crippen molar-refractivity contribution >= 4 is 5.69 Å². The summed E-state index contributed by atoms with van der Waals surface area (Å²) in [6.45, 7) is 10.1. The second kappa shape index (κ2) is 5.20. The summed E-state index contributed by atoms with van der Waals surface area (Å²) in [6.07, 6.45) is 2.48. The van der Waals surface area contributed by atoms with E-state index in [1.54, 1.807) is 0 Å². The predicted octanol–water partition coefficient (Wildman–Crippen LogP) is 4.20. The molecule has 0 heterocycles. The van der Waals surface area contributed by atoms with Gasteiger partial charge in [-0.2, -0.15) is 0 Å². The number of anilines is 1. The van der Waals surface area contributed by atoms with Crippen LogP contribution >= 0.6 is 0 Å². The van der Waals surface area contributed by atoms with E-state index in [0.29, 0.717) is 0 Å². The molecule has 0 aromatic heterocycles. The molecule has 0 aliphatic carbocycles. The lowest BCUT2D eigenvalue weighted by Crippen LogP contribution is -2.15. The first-order valence-corrected chi connectivity index (χ1v) is 5.89. The Kier molecular flexibility index (Phi) is 4.19. The van der Waals surface area contributed by atoms with Crippen LogP contribution in [0.5, 0.6) is 0 Å². The first kappa shape index (κ1) is 12.1. The molecule has 1 aromatic carbocycles. The molecule has 0 atom stereocenters. The zero-order valence-corrected chi connectivity index (χ0v) is 10.4. The van der Waals surface area contributed by atoms with E-state index in [4.69, 9.17) is 0 Å². The van der Waals surface area contributed by atoms with E-state index in [1.807, 2.05) is 0 Å². The molecule has 1 rings (SSSR count). The van der Waals surface area contributed by atoms with Crippen LogP contribution in [0.4, 0.5) is 5.69 Å². The quantitative estimate of drug-likeness (QED) is 0.726. The highest BCUT2D eigenvalue weighted by Crippen LogP contribution is 2.29. The minimum atomic E-state index is 0.218. The third-order valence-corrected chi connectivity index (χ3v) is 2.58. The number of hydrogen-bond acceptors (Lipinski definition) is 1. The summed E-state index contributed by atoms with van der Waals surface area (Å²) in [5.74, 6) is 0. The minimum Gasteiger partial charge on any atom is -0.385 e. The average molecular weight is 205 g/mol. The normalized spacial score (nSPS) is 11.5. The van der Waals surface area contributed by atoms with Crippen molar-refractivity contribution in [2.75, 3.05) is 11.9 Å². The molecule has 1 heteroatoms. The highest BCUT2D eigenvalue weighted by atomic mass is 14.9. The van der Waals surface area contributed by atoms with Crippen LogP contribution in [-0.4, -0.2) is 6.54 Å². The van der Waals surface area contributed by atoms with E-state index < -0.39 is 0 Å². The molecule has 0 aliphatic heterocycles. The zero-order chi connectivity index (χ0) is 11.3. The Labute approximate surface area is 93.9 Å². The van der Waals surface area contributed by atoms with Gasteiger partial charge in [0.2, 0.25) is 0 Å². The minimum absolute atomic E-state index is 0.218. The molecule has 1 N–H and O–H groups in total. The van der Waals surface area contributed by atoms with Crippen LogP contribution in [0, 0.1) is 0 Å². The van der Waals surface area contributed by atoms with Crippen LogP contribution < -0.4 is 5.32 Å². The molecule has 0 spiro atoms. The highest BCUT2D eigenvalue weighted by Gasteiger charge is 2.16. The summed E-state index contributed by atoms with van der Waals surface area (Å²) in [5, 5.41) is 3.52. The summed E-state index contributed by atoms with van der Waals surface area (Å²) in [6, 6.07) is 8.61. The van der Waals surface area contributed by atoms with Gasteiger partial charge in [-0.1, -0.05) is 52.3 Å². The first-order chi connectivity index (χ1) is 7.05. The lowest BCUT2D eigenvalue weighted by atomic mass is 9.86. The Balaban J connectivity index is 2.78. The van der Waals surface area contributed by atoms with Crippen molar-refractivity contribution in [2.24, 2.45) is 0 Å². The van der Waals surface area contributed by atoms with E-state index in [2.05, 4.69) is 57.3 Å². The lowest BCUT2D eigenvalue weighted by molar-refractivity contribution is 0.591. The molecule has 0 amide bonds. The van der Waals surface area contributed by atoms with Crippen LogP contribution in [0.25, 0.3) is 0 Å². The molecule has 15 heavy (non-hydrogen) atoms. The number of nitrogens with one attached hydrogen (secondary N) is 1. The fourth-order valence-electron chi connectivity index (χ4n) is 1.69. The van der Waals surface area contributed by atoms with Gasteiger partial charge in [-0.3, -0.25) is 0 Å². The largest absolute Gasteiger partial charge is 0.385 e. The maximum absolute atomic E-state index is 3.52. The molecule has 1 aromatic rings. The van der Waals surface area contributed by atoms with E-state index >= 15 is 0 Å². The van der Waals surface area contributed by atoms with Crippen molar-refractivity contribution in [3.63, 3.8) is 0 Å². The standard InChI is InChI=1S/C14H23N/c1-5-6-11-15-13-10-8-7-9-12(13)14(2,3)4/h7-10,15H,5-6,11H2,1-4H3. The van der Waals surface area contributed by atoms with Gasteiger partial charge in [0, 0.05) is 12.2 Å². The molecular formula is C14H23N. The Bertz CT molecular complexity index is 296. The molecule has 1 nitrogen and oxygen atoms in total. The summed E-state index contributed by atoms with van der Waals surface area (Å²) < 4.78 is 0. The van der Waals surface area contributed by atoms with Gasteiger partial charge < -0.3 is 5.32 Å². The second-order valence-electron chi connectivity index (χ2n) is 5.08. The van der Waals surface area contributed by atoms with Crippen LogP contribution in [-0.2, 0) is 5.41 Å². The Morgan fingerprint density at radius 3 is 2.40 bits per heavy atom. The molecule has 0 fully saturated rings. The van der Waals surface area contributed by atoms with Crippen LogP contribution in [0.15, 0.2) is 24.3 Å². The van der Waals surface area contributed by atoms with Crippen molar-refractivity contribution in [3.8, 4) is 0 Å². The Morgan fingerprint density at radius 1 is 1.13 bits per heavy atom. The molecule has 0 unspecified atom stereocenters. The third kappa shape index (κ3) is 3.58. The molecule has 0 aliphatic rings. The van der Waals surface area contributed by atoms with Gasteiger partial charge in [-0.25, -0.2) is 0 Å². The van der Waals surface area contributed by atoms with Crippen molar-refractivity contribution in [1.82, 2.24) is 0 Å². The van der Waals surface area contributed by atoms with Gasteiger partial charge in [0.25, 0.3) is 0 Å². The topological polar surface area (TPSA) is 12.0 Å². The molecule has 0 saturated carbocycles. The van der Waals surface area contributed by atoms with Gasteiger partial charge >= 0.3 is 0 Å². The van der Waals surface area contributed by atoms with Crippen LogP contribution in [0.3, 0.4) is 0 Å². The number of unbranched alkanes of at least 4 members (excludes halogenated alkanes) is 1. The van der Waals surface area contributed by atoms with Gasteiger partial charge in [0.15, 0.2) is 0 Å². The maximum atomic E-state index is 3.52. The summed E-state index contributed by atoms with van der Waals surface area (Å²) in [7, 11) is 0. The first-order valence-electron chi connectivity index (χ1n) is 5.89. The number of rotatable bonds is 4. The SMILES string of the molecule is CCCCNc1ccccc1C(C)(C)C. The monoisotopic (exact) mass is 205 g/mol. The van der Waals surface area contributed by atoms with Crippen LogP contribution in [0.1, 0.15) is 46.1 Å². The predicted molar refractivity (Wildman–Crippen MR) is 68.5 cm³/mol. The number of para-hydroxylation sites is 1.